The van der Waals surface area contributed by atoms with Crippen LogP contribution in [-0.2, 0) is 25.8 Å². The molecule has 2 aromatic carbocycles. The average molecular weight is 355 g/mol. The standard InChI is InChI=1S/C15H13.2ClH.Zr/c1-10-3-5-12-9-13-6-4-11(2)8-15(13)14(12)7-10;;;/h3-5,7-8H,9H2,1-2H3;2*1H;/q;;;+2/p-2. The van der Waals surface area contributed by atoms with Crippen molar-refractivity contribution in [2.75, 3.05) is 0 Å². The molecule has 0 bridgehead atoms. The Morgan fingerprint density at radius 2 is 1.67 bits per heavy atom. The van der Waals surface area contributed by atoms with Gasteiger partial charge in [-0.15, -0.1) is 0 Å². The summed E-state index contributed by atoms with van der Waals surface area (Å²) in [6.07, 6.45) is 0.990. The summed E-state index contributed by atoms with van der Waals surface area (Å²) < 4.78 is 1.25. The van der Waals surface area contributed by atoms with Crippen LogP contribution >= 0.6 is 17.0 Å². The normalized spacial score (nSPS) is 12.2. The summed E-state index contributed by atoms with van der Waals surface area (Å²) in [5.41, 5.74) is 8.06. The minimum atomic E-state index is -2.36. The fraction of sp³-hybridized carbons (Fsp3) is 0.200. The van der Waals surface area contributed by atoms with Gasteiger partial charge in [0.25, 0.3) is 0 Å². The van der Waals surface area contributed by atoms with Gasteiger partial charge in [-0.2, -0.15) is 0 Å². The van der Waals surface area contributed by atoms with Crippen LogP contribution in [0.5, 0.6) is 0 Å². The van der Waals surface area contributed by atoms with Crippen LogP contribution in [0.1, 0.15) is 22.3 Å². The molecular formula is C15H13Cl2Zr. The molecule has 0 atom stereocenters. The summed E-state index contributed by atoms with van der Waals surface area (Å²) >= 11 is -2.36. The molecule has 0 N–H and O–H groups in total. The van der Waals surface area contributed by atoms with Gasteiger partial charge in [0.1, 0.15) is 0 Å². The number of aryl methyl sites for hydroxylation is 2. The van der Waals surface area contributed by atoms with Crippen LogP contribution in [0.2, 0.25) is 0 Å². The van der Waals surface area contributed by atoms with Gasteiger partial charge in [-0.3, -0.25) is 0 Å². The molecule has 0 fully saturated rings. The van der Waals surface area contributed by atoms with E-state index in [0.29, 0.717) is 0 Å². The zero-order chi connectivity index (χ0) is 12.9. The van der Waals surface area contributed by atoms with E-state index >= 15 is 0 Å². The Kier molecular flexibility index (Phi) is 3.43. The van der Waals surface area contributed by atoms with Crippen LogP contribution in [0.15, 0.2) is 30.3 Å². The first kappa shape index (κ1) is 12.9. The van der Waals surface area contributed by atoms with Crippen molar-refractivity contribution in [3.05, 3.63) is 52.6 Å². The number of rotatable bonds is 1. The molecule has 0 heterocycles. The Labute approximate surface area is 123 Å². The summed E-state index contributed by atoms with van der Waals surface area (Å²) in [7, 11) is 12.6. The molecule has 1 aliphatic carbocycles. The number of fused-ring (bicyclic) bond motifs is 3. The number of halogens is 2. The topological polar surface area (TPSA) is 0 Å². The molecule has 0 radical (unpaired) electrons. The summed E-state index contributed by atoms with van der Waals surface area (Å²) in [5, 5.41) is 0. The molecule has 2 aromatic rings. The van der Waals surface area contributed by atoms with Crippen molar-refractivity contribution in [3.63, 3.8) is 0 Å². The maximum atomic E-state index is 6.30. The molecule has 18 heavy (non-hydrogen) atoms. The quantitative estimate of drug-likeness (QED) is 0.606. The number of hydrogen-bond donors (Lipinski definition) is 0. The Morgan fingerprint density at radius 3 is 2.39 bits per heavy atom. The van der Waals surface area contributed by atoms with Crippen LogP contribution < -0.4 is 3.27 Å². The van der Waals surface area contributed by atoms with E-state index in [2.05, 4.69) is 44.2 Å². The molecule has 0 amide bonds. The predicted octanol–water partition coefficient (Wildman–Crippen LogP) is 4.43. The first-order chi connectivity index (χ1) is 8.56. The molecule has 0 saturated heterocycles. The van der Waals surface area contributed by atoms with E-state index in [1.807, 2.05) is 0 Å². The van der Waals surface area contributed by atoms with Gasteiger partial charge in [0.15, 0.2) is 0 Å². The summed E-state index contributed by atoms with van der Waals surface area (Å²) in [6, 6.07) is 11.1. The number of hydrogen-bond acceptors (Lipinski definition) is 0. The molecule has 0 aromatic heterocycles. The summed E-state index contributed by atoms with van der Waals surface area (Å²) in [4.78, 5) is 0. The van der Waals surface area contributed by atoms with Crippen molar-refractivity contribution < 1.29 is 19.4 Å². The fourth-order valence-electron chi connectivity index (χ4n) is 2.70. The Balaban J connectivity index is 2.27. The van der Waals surface area contributed by atoms with E-state index in [1.165, 1.54) is 36.7 Å². The molecule has 0 saturated carbocycles. The van der Waals surface area contributed by atoms with Gasteiger partial charge in [-0.25, -0.2) is 0 Å². The van der Waals surface area contributed by atoms with Crippen molar-refractivity contribution >= 4 is 20.3 Å². The molecule has 91 valence electrons. The zero-order valence-electron chi connectivity index (χ0n) is 10.3. The third-order valence-electron chi connectivity index (χ3n) is 3.52. The van der Waals surface area contributed by atoms with Crippen LogP contribution in [0, 0.1) is 13.8 Å². The van der Waals surface area contributed by atoms with Crippen molar-refractivity contribution in [1.29, 1.82) is 0 Å². The van der Waals surface area contributed by atoms with E-state index in [0.717, 1.165) is 6.42 Å². The van der Waals surface area contributed by atoms with Crippen molar-refractivity contribution in [1.82, 2.24) is 0 Å². The fourth-order valence-corrected chi connectivity index (χ4v) is 6.63. The van der Waals surface area contributed by atoms with Crippen LogP contribution in [0.25, 0.3) is 11.1 Å². The molecule has 0 aliphatic heterocycles. The molecule has 0 spiro atoms. The second-order valence-electron chi connectivity index (χ2n) is 4.94. The van der Waals surface area contributed by atoms with E-state index in [-0.39, 0.29) is 0 Å². The van der Waals surface area contributed by atoms with Gasteiger partial charge in [-0.1, -0.05) is 0 Å². The van der Waals surface area contributed by atoms with Gasteiger partial charge in [0.2, 0.25) is 0 Å². The van der Waals surface area contributed by atoms with E-state index in [4.69, 9.17) is 17.0 Å². The Bertz CT molecular complexity index is 633. The monoisotopic (exact) mass is 353 g/mol. The van der Waals surface area contributed by atoms with Gasteiger partial charge >= 0.3 is 124 Å². The first-order valence-electron chi connectivity index (χ1n) is 5.98. The van der Waals surface area contributed by atoms with Crippen molar-refractivity contribution in [2.24, 2.45) is 0 Å². The SMILES string of the molecule is Cc1ccc2c(c1)-c1cc(C)c[c]([Zr]([Cl])[Cl])c1C2. The third kappa shape index (κ3) is 2.11. The van der Waals surface area contributed by atoms with E-state index < -0.39 is 19.4 Å². The molecule has 3 rings (SSSR count). The van der Waals surface area contributed by atoms with Gasteiger partial charge < -0.3 is 0 Å². The first-order valence-corrected chi connectivity index (χ1v) is 13.5. The molecule has 0 unspecified atom stereocenters. The van der Waals surface area contributed by atoms with Crippen LogP contribution in [0.3, 0.4) is 0 Å². The van der Waals surface area contributed by atoms with Crippen molar-refractivity contribution in [3.8, 4) is 11.1 Å². The Morgan fingerprint density at radius 1 is 0.944 bits per heavy atom. The summed E-state index contributed by atoms with van der Waals surface area (Å²) in [6.45, 7) is 4.26. The maximum absolute atomic E-state index is 6.30. The van der Waals surface area contributed by atoms with Gasteiger partial charge in [-0.05, 0) is 0 Å². The van der Waals surface area contributed by atoms with Crippen LogP contribution in [-0.4, -0.2) is 0 Å². The van der Waals surface area contributed by atoms with Gasteiger partial charge in [0.05, 0.1) is 0 Å². The molecule has 3 heteroatoms. The molecule has 1 aliphatic rings. The Hall–Kier alpha value is -0.0969. The third-order valence-corrected chi connectivity index (χ3v) is 8.03. The average Bonchev–Trinajstić information content (AvgIpc) is 2.66. The number of benzene rings is 2. The van der Waals surface area contributed by atoms with Crippen LogP contribution in [0.4, 0.5) is 0 Å². The van der Waals surface area contributed by atoms with E-state index in [9.17, 15) is 0 Å². The minimum absolute atomic E-state index is 0.990. The molecular weight excluding hydrogens is 342 g/mol. The van der Waals surface area contributed by atoms with E-state index in [1.54, 1.807) is 0 Å². The second-order valence-corrected chi connectivity index (χ2v) is 13.2. The summed E-state index contributed by atoms with van der Waals surface area (Å²) in [5.74, 6) is 0. The zero-order valence-corrected chi connectivity index (χ0v) is 14.3. The van der Waals surface area contributed by atoms with Gasteiger partial charge in [0, 0.05) is 0 Å². The van der Waals surface area contributed by atoms with Crippen molar-refractivity contribution in [2.45, 2.75) is 20.3 Å². The second kappa shape index (κ2) is 4.78. The predicted molar refractivity (Wildman–Crippen MR) is 75.5 cm³/mol. The molecule has 0 nitrogen and oxygen atoms in total.